The lowest BCUT2D eigenvalue weighted by Crippen LogP contribution is -2.27. The Morgan fingerprint density at radius 2 is 2.33 bits per heavy atom. The van der Waals surface area contributed by atoms with E-state index in [4.69, 9.17) is 9.52 Å². The zero-order valence-corrected chi connectivity index (χ0v) is 6.11. The van der Waals surface area contributed by atoms with Gasteiger partial charge in [-0.1, -0.05) is 0 Å². The number of furan rings is 1. The van der Waals surface area contributed by atoms with Crippen molar-refractivity contribution in [2.75, 3.05) is 6.54 Å². The van der Waals surface area contributed by atoms with E-state index in [1.54, 1.807) is 6.07 Å². The van der Waals surface area contributed by atoms with Crippen LogP contribution >= 0.6 is 0 Å². The third-order valence-corrected chi connectivity index (χ3v) is 1.20. The van der Waals surface area contributed by atoms with E-state index >= 15 is 0 Å². The fraction of sp³-hybridized carbons (Fsp3) is 0.143. The molecule has 0 radical (unpaired) electrons. The van der Waals surface area contributed by atoms with Gasteiger partial charge in [0.05, 0.1) is 12.8 Å². The molecule has 0 unspecified atom stereocenters. The largest absolute Gasteiger partial charge is 0.465 e. The van der Waals surface area contributed by atoms with Gasteiger partial charge in [-0.15, -0.1) is 0 Å². The van der Waals surface area contributed by atoms with E-state index in [0.717, 1.165) is 0 Å². The summed E-state index contributed by atoms with van der Waals surface area (Å²) in [5.74, 6) is -0.230. The Kier molecular flexibility index (Phi) is 2.47. The van der Waals surface area contributed by atoms with Gasteiger partial charge in [0.1, 0.15) is 0 Å². The first-order valence-corrected chi connectivity index (χ1v) is 3.23. The highest BCUT2D eigenvalue weighted by Gasteiger charge is 2.08. The molecule has 0 aliphatic rings. The van der Waals surface area contributed by atoms with Gasteiger partial charge in [-0.3, -0.25) is 4.79 Å². The first-order chi connectivity index (χ1) is 5.70. The number of carbonyl (C=O) groups excluding carboxylic acids is 1. The van der Waals surface area contributed by atoms with Gasteiger partial charge in [0, 0.05) is 0 Å². The van der Waals surface area contributed by atoms with Crippen LogP contribution in [0.4, 0.5) is 4.79 Å². The molecule has 1 amide bonds. The Balaban J connectivity index is 2.45. The topological polar surface area (TPSA) is 79.5 Å². The van der Waals surface area contributed by atoms with Crippen LogP contribution in [-0.2, 0) is 0 Å². The molecule has 0 fully saturated rings. The number of carboxylic acid groups (broad SMARTS) is 1. The van der Waals surface area contributed by atoms with Gasteiger partial charge in [-0.2, -0.15) is 0 Å². The van der Waals surface area contributed by atoms with E-state index in [1.165, 1.54) is 12.3 Å². The minimum absolute atomic E-state index is 0.156. The van der Waals surface area contributed by atoms with Crippen LogP contribution in [0.2, 0.25) is 0 Å². The lowest BCUT2D eigenvalue weighted by Gasteiger charge is -1.95. The second-order valence-corrected chi connectivity index (χ2v) is 2.06. The molecule has 0 aliphatic heterocycles. The average Bonchev–Trinajstić information content (AvgIpc) is 2.51. The fourth-order valence-corrected chi connectivity index (χ4v) is 0.680. The lowest BCUT2D eigenvalue weighted by molar-refractivity contribution is 0.0960. The van der Waals surface area contributed by atoms with Gasteiger partial charge in [-0.05, 0) is 12.1 Å². The molecule has 64 valence electrons. The standard InChI is InChI=1S/C7H7NO4/c9-5(4-8-7(10)11)6-2-1-3-12-6/h1-3,8H,4H2,(H,10,11). The monoisotopic (exact) mass is 169 g/mol. The molecule has 0 atom stereocenters. The van der Waals surface area contributed by atoms with Crippen LogP contribution in [0.5, 0.6) is 0 Å². The van der Waals surface area contributed by atoms with Crippen LogP contribution in [0.1, 0.15) is 10.6 Å². The van der Waals surface area contributed by atoms with Crippen LogP contribution in [0, 0.1) is 0 Å². The number of carbonyl (C=O) groups is 2. The van der Waals surface area contributed by atoms with Crippen molar-refractivity contribution >= 4 is 11.9 Å². The number of nitrogens with one attached hydrogen (secondary N) is 1. The predicted octanol–water partition coefficient (Wildman–Crippen LogP) is 0.730. The van der Waals surface area contributed by atoms with Crippen LogP contribution in [0.25, 0.3) is 0 Å². The Hall–Kier alpha value is -1.78. The first-order valence-electron chi connectivity index (χ1n) is 3.23. The molecule has 0 saturated carbocycles. The molecular formula is C7H7NO4. The van der Waals surface area contributed by atoms with Gasteiger partial charge < -0.3 is 14.8 Å². The molecular weight excluding hydrogens is 162 g/mol. The summed E-state index contributed by atoms with van der Waals surface area (Å²) >= 11 is 0. The van der Waals surface area contributed by atoms with Crippen molar-refractivity contribution in [1.82, 2.24) is 5.32 Å². The van der Waals surface area contributed by atoms with Gasteiger partial charge in [0.2, 0.25) is 5.78 Å². The molecule has 1 aromatic rings. The molecule has 0 aromatic carbocycles. The van der Waals surface area contributed by atoms with Crippen LogP contribution in [-0.4, -0.2) is 23.5 Å². The van der Waals surface area contributed by atoms with Crippen LogP contribution in [0.3, 0.4) is 0 Å². The van der Waals surface area contributed by atoms with Crippen LogP contribution < -0.4 is 5.32 Å². The number of rotatable bonds is 3. The molecule has 0 saturated heterocycles. The Bertz CT molecular complexity index is 278. The van der Waals surface area contributed by atoms with E-state index in [9.17, 15) is 9.59 Å². The molecule has 5 heteroatoms. The fourth-order valence-electron chi connectivity index (χ4n) is 0.680. The van der Waals surface area contributed by atoms with Crippen molar-refractivity contribution in [1.29, 1.82) is 0 Å². The molecule has 2 N–H and O–H groups in total. The van der Waals surface area contributed by atoms with E-state index in [1.807, 2.05) is 5.32 Å². The molecule has 0 aliphatic carbocycles. The van der Waals surface area contributed by atoms with Gasteiger partial charge in [0.25, 0.3) is 0 Å². The van der Waals surface area contributed by atoms with Crippen molar-refractivity contribution in [3.8, 4) is 0 Å². The van der Waals surface area contributed by atoms with Crippen molar-refractivity contribution in [3.63, 3.8) is 0 Å². The van der Waals surface area contributed by atoms with Crippen LogP contribution in [0.15, 0.2) is 22.8 Å². The van der Waals surface area contributed by atoms with Crippen molar-refractivity contribution in [3.05, 3.63) is 24.2 Å². The minimum Gasteiger partial charge on any atom is -0.465 e. The molecule has 0 spiro atoms. The Labute approximate surface area is 68.0 Å². The van der Waals surface area contributed by atoms with Gasteiger partial charge in [-0.25, -0.2) is 4.79 Å². The summed E-state index contributed by atoms with van der Waals surface area (Å²) in [4.78, 5) is 21.0. The van der Waals surface area contributed by atoms with Gasteiger partial charge in [0.15, 0.2) is 5.76 Å². The third-order valence-electron chi connectivity index (χ3n) is 1.20. The highest BCUT2D eigenvalue weighted by molar-refractivity contribution is 5.96. The van der Waals surface area contributed by atoms with Crippen molar-refractivity contribution in [2.24, 2.45) is 0 Å². The number of Topliss-reactive ketones (excluding diaryl/α,β-unsaturated/α-hetero) is 1. The third kappa shape index (κ3) is 2.12. The quantitative estimate of drug-likeness (QED) is 0.653. The van der Waals surface area contributed by atoms with Crippen molar-refractivity contribution in [2.45, 2.75) is 0 Å². The highest BCUT2D eigenvalue weighted by Crippen LogP contribution is 1.99. The minimum atomic E-state index is -1.23. The number of hydrogen-bond donors (Lipinski definition) is 2. The summed E-state index contributed by atoms with van der Waals surface area (Å²) in [6.45, 7) is -0.261. The maximum absolute atomic E-state index is 11.0. The number of hydrogen-bond acceptors (Lipinski definition) is 3. The Morgan fingerprint density at radius 1 is 1.58 bits per heavy atom. The average molecular weight is 169 g/mol. The second kappa shape index (κ2) is 3.56. The zero-order chi connectivity index (χ0) is 8.97. The predicted molar refractivity (Wildman–Crippen MR) is 39.1 cm³/mol. The smallest absolute Gasteiger partial charge is 0.405 e. The SMILES string of the molecule is O=C(O)NCC(=O)c1ccco1. The molecule has 5 nitrogen and oxygen atoms in total. The summed E-state index contributed by atoms with van der Waals surface area (Å²) in [5, 5.41) is 10.1. The summed E-state index contributed by atoms with van der Waals surface area (Å²) in [5.41, 5.74) is 0. The summed E-state index contributed by atoms with van der Waals surface area (Å²) < 4.78 is 4.75. The normalized spacial score (nSPS) is 9.33. The summed E-state index contributed by atoms with van der Waals surface area (Å²) in [6, 6.07) is 3.04. The first kappa shape index (κ1) is 8.32. The van der Waals surface area contributed by atoms with E-state index in [2.05, 4.69) is 0 Å². The molecule has 1 heterocycles. The molecule has 1 rings (SSSR count). The molecule has 1 aromatic heterocycles. The zero-order valence-electron chi connectivity index (χ0n) is 6.11. The lowest BCUT2D eigenvalue weighted by atomic mass is 10.3. The van der Waals surface area contributed by atoms with E-state index in [0.29, 0.717) is 0 Å². The summed E-state index contributed by atoms with van der Waals surface area (Å²) in [7, 11) is 0. The molecule has 0 bridgehead atoms. The maximum atomic E-state index is 11.0. The second-order valence-electron chi connectivity index (χ2n) is 2.06. The number of amides is 1. The highest BCUT2D eigenvalue weighted by atomic mass is 16.4. The van der Waals surface area contributed by atoms with E-state index in [-0.39, 0.29) is 18.1 Å². The Morgan fingerprint density at radius 3 is 2.83 bits per heavy atom. The summed E-state index contributed by atoms with van der Waals surface area (Å²) in [6.07, 6.45) is 0.128. The maximum Gasteiger partial charge on any atom is 0.405 e. The van der Waals surface area contributed by atoms with Gasteiger partial charge >= 0.3 is 6.09 Å². The number of ketones is 1. The van der Waals surface area contributed by atoms with E-state index < -0.39 is 6.09 Å². The van der Waals surface area contributed by atoms with Crippen molar-refractivity contribution < 1.29 is 19.1 Å². The molecule has 12 heavy (non-hydrogen) atoms.